The second kappa shape index (κ2) is 13.1. The van der Waals surface area contributed by atoms with Gasteiger partial charge in [0.25, 0.3) is 12.6 Å². The number of alkyl halides is 3. The molecule has 0 radical (unpaired) electrons. The lowest BCUT2D eigenvalue weighted by molar-refractivity contribution is -0.726. The number of thiazole rings is 1. The molecule has 0 N–H and O–H groups in total. The fourth-order valence-corrected chi connectivity index (χ4v) is 4.92. The second-order valence-corrected chi connectivity index (χ2v) is 10.3. The van der Waals surface area contributed by atoms with Crippen molar-refractivity contribution in [3.8, 4) is 5.75 Å². The molecule has 0 saturated heterocycles. The van der Waals surface area contributed by atoms with Gasteiger partial charge in [0.1, 0.15) is 11.3 Å². The normalized spacial score (nSPS) is 12.9. The van der Waals surface area contributed by atoms with Crippen LogP contribution in [0.25, 0.3) is 10.2 Å². The van der Waals surface area contributed by atoms with Gasteiger partial charge in [-0.1, -0.05) is 55.9 Å². The number of pyridine rings is 1. The molecule has 1 amide bonds. The maximum Gasteiger partial charge on any atom is 0.416 e. The fourth-order valence-electron chi connectivity index (χ4n) is 3.90. The fraction of sp³-hybridized carbons (Fsp3) is 0.310. The zero-order valence-corrected chi connectivity index (χ0v) is 23.2. The Kier molecular flexibility index (Phi) is 9.56. The average Bonchev–Trinajstić information content (AvgIpc) is 3.29. The number of carbonyl (C=O) groups excluding carboxylic acids is 2. The first-order valence-corrected chi connectivity index (χ1v) is 13.7. The number of halogens is 3. The number of unbranched alkanes of at least 4 members (excludes halogenated alkanes) is 1. The molecule has 8 nitrogen and oxygen atoms in total. The Hall–Kier alpha value is -4.03. The lowest BCUT2D eigenvalue weighted by Gasteiger charge is -2.18. The van der Waals surface area contributed by atoms with Crippen molar-refractivity contribution < 1.29 is 41.9 Å². The molecule has 0 spiro atoms. The molecule has 0 aliphatic carbocycles. The molecule has 4 aromatic rings. The predicted molar refractivity (Wildman–Crippen MR) is 143 cm³/mol. The van der Waals surface area contributed by atoms with Crippen LogP contribution in [0.4, 0.5) is 13.2 Å². The van der Waals surface area contributed by atoms with Crippen LogP contribution in [0.3, 0.4) is 0 Å². The maximum atomic E-state index is 13.4. The molecule has 0 aliphatic heterocycles. The van der Waals surface area contributed by atoms with Crippen molar-refractivity contribution in [1.29, 1.82) is 0 Å². The number of aryl methyl sites for hydroxylation is 1. The lowest BCUT2D eigenvalue weighted by atomic mass is 10.1. The van der Waals surface area contributed by atoms with Gasteiger partial charge in [0, 0.05) is 12.6 Å². The summed E-state index contributed by atoms with van der Waals surface area (Å²) in [6.07, 6.45) is -0.749. The Morgan fingerprint density at radius 3 is 2.59 bits per heavy atom. The van der Waals surface area contributed by atoms with E-state index in [0.717, 1.165) is 29.7 Å². The molecule has 1 atom stereocenters. The SMILES string of the molecule is CCCCn1c(=NC(=O)c2cc(C(F)(F)F)ccc2OC[C@H](C)[O-])sc2cc[n+](COC(=O)c3ccccc3)cc21. The van der Waals surface area contributed by atoms with Crippen LogP contribution in [0, 0.1) is 0 Å². The van der Waals surface area contributed by atoms with E-state index in [4.69, 9.17) is 9.47 Å². The van der Waals surface area contributed by atoms with Crippen molar-refractivity contribution in [3.63, 3.8) is 0 Å². The number of aromatic nitrogens is 2. The van der Waals surface area contributed by atoms with Crippen LogP contribution in [0.2, 0.25) is 0 Å². The van der Waals surface area contributed by atoms with E-state index in [1.807, 2.05) is 11.5 Å². The lowest BCUT2D eigenvalue weighted by Crippen LogP contribution is -2.35. The van der Waals surface area contributed by atoms with Crippen molar-refractivity contribution in [1.82, 2.24) is 4.57 Å². The Balaban J connectivity index is 1.70. The number of hydrogen-bond acceptors (Lipinski definition) is 6. The van der Waals surface area contributed by atoms with Gasteiger partial charge in [-0.05, 0) is 36.8 Å². The Morgan fingerprint density at radius 1 is 1.15 bits per heavy atom. The second-order valence-electron chi connectivity index (χ2n) is 9.27. The first-order chi connectivity index (χ1) is 19.6. The summed E-state index contributed by atoms with van der Waals surface area (Å²) in [5.74, 6) is -1.55. The number of hydrogen-bond donors (Lipinski definition) is 0. The predicted octanol–water partition coefficient (Wildman–Crippen LogP) is 4.49. The summed E-state index contributed by atoms with van der Waals surface area (Å²) in [5, 5.41) is 11.5. The monoisotopic (exact) mass is 587 g/mol. The molecular weight excluding hydrogens is 559 g/mol. The van der Waals surface area contributed by atoms with Gasteiger partial charge in [-0.25, -0.2) is 4.79 Å². The average molecular weight is 588 g/mol. The topological polar surface area (TPSA) is 96.8 Å². The van der Waals surface area contributed by atoms with Crippen LogP contribution in [-0.4, -0.2) is 29.2 Å². The van der Waals surface area contributed by atoms with Gasteiger partial charge < -0.3 is 19.1 Å². The number of esters is 1. The third-order valence-corrected chi connectivity index (χ3v) is 7.04. The molecule has 41 heavy (non-hydrogen) atoms. The summed E-state index contributed by atoms with van der Waals surface area (Å²) >= 11 is 1.20. The summed E-state index contributed by atoms with van der Waals surface area (Å²) in [6, 6.07) is 12.9. The number of fused-ring (bicyclic) bond motifs is 1. The van der Waals surface area contributed by atoms with E-state index < -0.39 is 29.7 Å². The van der Waals surface area contributed by atoms with Crippen molar-refractivity contribution >= 4 is 33.4 Å². The molecule has 0 unspecified atom stereocenters. The molecule has 12 heteroatoms. The smallest absolute Gasteiger partial charge is 0.416 e. The highest BCUT2D eigenvalue weighted by Gasteiger charge is 2.32. The number of rotatable bonds is 10. The van der Waals surface area contributed by atoms with Crippen molar-refractivity contribution in [2.24, 2.45) is 4.99 Å². The van der Waals surface area contributed by atoms with Crippen molar-refractivity contribution in [2.75, 3.05) is 6.61 Å². The van der Waals surface area contributed by atoms with E-state index in [0.29, 0.717) is 23.7 Å². The first-order valence-electron chi connectivity index (χ1n) is 12.9. The summed E-state index contributed by atoms with van der Waals surface area (Å²) in [4.78, 5) is 30.1. The Morgan fingerprint density at radius 2 is 1.90 bits per heavy atom. The van der Waals surface area contributed by atoms with Crippen LogP contribution in [0.5, 0.6) is 5.75 Å². The quantitative estimate of drug-likeness (QED) is 0.201. The van der Waals surface area contributed by atoms with Gasteiger partial charge in [-0.3, -0.25) is 4.79 Å². The number of nitrogens with zero attached hydrogens (tertiary/aromatic N) is 3. The molecule has 216 valence electrons. The summed E-state index contributed by atoms with van der Waals surface area (Å²) < 4.78 is 55.3. The zero-order chi connectivity index (χ0) is 29.6. The van der Waals surface area contributed by atoms with Crippen LogP contribution < -0.4 is 19.2 Å². The van der Waals surface area contributed by atoms with Gasteiger partial charge in [0.2, 0.25) is 0 Å². The highest BCUT2D eigenvalue weighted by atomic mass is 32.1. The highest BCUT2D eigenvalue weighted by Crippen LogP contribution is 2.33. The van der Waals surface area contributed by atoms with Gasteiger partial charge in [0.05, 0.1) is 28.0 Å². The Labute approximate surface area is 237 Å². The molecule has 2 heterocycles. The van der Waals surface area contributed by atoms with Crippen molar-refractivity contribution in [2.45, 2.75) is 52.2 Å². The van der Waals surface area contributed by atoms with Crippen LogP contribution in [-0.2, 0) is 24.2 Å². The molecule has 0 fully saturated rings. The summed E-state index contributed by atoms with van der Waals surface area (Å²) in [7, 11) is 0. The van der Waals surface area contributed by atoms with E-state index in [2.05, 4.69) is 4.99 Å². The maximum absolute atomic E-state index is 13.4. The summed E-state index contributed by atoms with van der Waals surface area (Å²) in [6.45, 7) is 3.47. The number of benzene rings is 2. The molecule has 0 saturated carbocycles. The largest absolute Gasteiger partial charge is 0.850 e. The van der Waals surface area contributed by atoms with Crippen LogP contribution >= 0.6 is 11.3 Å². The third-order valence-electron chi connectivity index (χ3n) is 5.98. The van der Waals surface area contributed by atoms with Crippen LogP contribution in [0.15, 0.2) is 72.0 Å². The number of amides is 1. The minimum atomic E-state index is -4.68. The Bertz CT molecular complexity index is 1600. The number of carbonyl (C=O) groups is 2. The molecule has 4 rings (SSSR count). The molecule has 0 aliphatic rings. The van der Waals surface area contributed by atoms with Gasteiger partial charge in [-0.15, -0.1) is 0 Å². The van der Waals surface area contributed by atoms with E-state index >= 15 is 0 Å². The van der Waals surface area contributed by atoms with E-state index in [9.17, 15) is 27.9 Å². The highest BCUT2D eigenvalue weighted by molar-refractivity contribution is 7.16. The standard InChI is InChI=1S/C29H28F3N3O5S/c1-3-4-13-35-23-16-34(18-40-27(38)20-8-6-5-7-9-20)14-12-25(23)41-28(35)33-26(37)22-15-21(29(30,31)32)10-11-24(22)39-17-19(2)36/h5-12,14-16,19H,3-4,13,17-18H2,1-2H3/t19-/m0/s1. The third kappa shape index (κ3) is 7.59. The van der Waals surface area contributed by atoms with Crippen LogP contribution in [0.1, 0.15) is 53.0 Å². The number of ether oxygens (including phenoxy) is 2. The van der Waals surface area contributed by atoms with E-state index in [-0.39, 0.29) is 29.5 Å². The van der Waals surface area contributed by atoms with Crippen molar-refractivity contribution in [3.05, 3.63) is 88.5 Å². The first kappa shape index (κ1) is 29.9. The van der Waals surface area contributed by atoms with Gasteiger partial charge in [-0.2, -0.15) is 22.7 Å². The zero-order valence-electron chi connectivity index (χ0n) is 22.4. The van der Waals surface area contributed by atoms with E-state index in [1.165, 1.54) is 18.3 Å². The van der Waals surface area contributed by atoms with Gasteiger partial charge in [0.15, 0.2) is 17.2 Å². The minimum Gasteiger partial charge on any atom is -0.850 e. The molecular formula is C29H28F3N3O5S. The minimum absolute atomic E-state index is 0.0538. The molecule has 2 aromatic carbocycles. The van der Waals surface area contributed by atoms with E-state index in [1.54, 1.807) is 53.4 Å². The van der Waals surface area contributed by atoms with Gasteiger partial charge >= 0.3 is 12.1 Å². The molecule has 0 bridgehead atoms. The molecule has 2 aromatic heterocycles. The summed E-state index contributed by atoms with van der Waals surface area (Å²) in [5.41, 5.74) is -0.276.